The number of hydrogen-bond acceptors (Lipinski definition) is 3. The molecule has 0 radical (unpaired) electrons. The van der Waals surface area contributed by atoms with E-state index in [2.05, 4.69) is 4.29 Å². The molecule has 1 rings (SSSR count). The van der Waals surface area contributed by atoms with E-state index in [-0.39, 0.29) is 0 Å². The van der Waals surface area contributed by atoms with Gasteiger partial charge in [-0.3, -0.25) is 0 Å². The first-order valence-corrected chi connectivity index (χ1v) is 6.83. The Hall–Kier alpha value is -2.00. The molecule has 1 aromatic rings. The Morgan fingerprint density at radius 3 is 2.52 bits per heavy atom. The molecule has 112 valence electrons. The zero-order chi connectivity index (χ0) is 15.8. The maximum atomic E-state index is 10.9. The zero-order valence-corrected chi connectivity index (χ0v) is 13.4. The molecule has 0 aromatic carbocycles. The van der Waals surface area contributed by atoms with Gasteiger partial charge in [-0.2, -0.15) is 0 Å². The maximum absolute atomic E-state index is 10.9. The first-order chi connectivity index (χ1) is 9.93. The van der Waals surface area contributed by atoms with E-state index in [1.54, 1.807) is 19.3 Å². The van der Waals surface area contributed by atoms with Gasteiger partial charge in [-0.05, 0) is 38.8 Å². The van der Waals surface area contributed by atoms with E-state index in [4.69, 9.17) is 16.3 Å². The maximum Gasteiger partial charge on any atom is 0.349 e. The molecule has 0 aliphatic rings. The number of rotatable bonds is 5. The van der Waals surface area contributed by atoms with E-state index in [1.807, 2.05) is 45.1 Å². The summed E-state index contributed by atoms with van der Waals surface area (Å²) in [7, 11) is 0. The minimum Gasteiger partial charge on any atom is -0.469 e. The monoisotopic (exact) mass is 306 g/mol. The Labute approximate surface area is 130 Å². The van der Waals surface area contributed by atoms with Crippen LogP contribution in [-0.4, -0.2) is 5.97 Å². The van der Waals surface area contributed by atoms with Crippen molar-refractivity contribution < 1.29 is 13.5 Å². The Kier molecular flexibility index (Phi) is 6.76. The molecular formula is C17H19ClO3. The molecule has 0 amide bonds. The van der Waals surface area contributed by atoms with Crippen LogP contribution in [0.4, 0.5) is 0 Å². The number of halogens is 1. The minimum atomic E-state index is -0.578. The van der Waals surface area contributed by atoms with E-state index >= 15 is 0 Å². The summed E-state index contributed by atoms with van der Waals surface area (Å²) in [4.78, 5) is 10.9. The van der Waals surface area contributed by atoms with Crippen LogP contribution in [-0.2, 0) is 9.08 Å². The highest BCUT2D eigenvalue weighted by atomic mass is 35.5. The van der Waals surface area contributed by atoms with E-state index in [9.17, 15) is 4.79 Å². The van der Waals surface area contributed by atoms with Crippen LogP contribution in [0.1, 0.15) is 30.7 Å². The lowest BCUT2D eigenvalue weighted by molar-refractivity contribution is -0.128. The molecule has 0 N–H and O–H groups in total. The SMILES string of the molecule is CC(/C=C/c1c(C)coc1C)=C\C=C\C(C)=C\C(=O)OCl. The molecule has 0 bridgehead atoms. The van der Waals surface area contributed by atoms with Crippen molar-refractivity contribution in [3.05, 3.63) is 64.7 Å². The van der Waals surface area contributed by atoms with E-state index in [1.165, 1.54) is 6.08 Å². The summed E-state index contributed by atoms with van der Waals surface area (Å²) in [6.45, 7) is 7.74. The van der Waals surface area contributed by atoms with Crippen molar-refractivity contribution in [1.82, 2.24) is 0 Å². The van der Waals surface area contributed by atoms with Crippen molar-refractivity contribution in [3.63, 3.8) is 0 Å². The molecule has 1 heterocycles. The second-order valence-corrected chi connectivity index (χ2v) is 4.93. The Morgan fingerprint density at radius 1 is 1.24 bits per heavy atom. The molecule has 21 heavy (non-hydrogen) atoms. The number of aryl methyl sites for hydroxylation is 2. The lowest BCUT2D eigenvalue weighted by atomic mass is 10.1. The molecule has 1 aromatic heterocycles. The van der Waals surface area contributed by atoms with Crippen LogP contribution < -0.4 is 0 Å². The zero-order valence-electron chi connectivity index (χ0n) is 12.6. The molecule has 0 saturated heterocycles. The molecule has 0 aliphatic heterocycles. The van der Waals surface area contributed by atoms with Gasteiger partial charge in [0, 0.05) is 11.6 Å². The minimum absolute atomic E-state index is 0.578. The summed E-state index contributed by atoms with van der Waals surface area (Å²) < 4.78 is 9.38. The van der Waals surface area contributed by atoms with Crippen molar-refractivity contribution >= 4 is 23.9 Å². The fraction of sp³-hybridized carbons (Fsp3) is 0.235. The van der Waals surface area contributed by atoms with Gasteiger partial charge in [-0.15, -0.1) is 0 Å². The van der Waals surface area contributed by atoms with Crippen LogP contribution in [0.15, 0.2) is 52.2 Å². The number of allylic oxidation sites excluding steroid dienone is 6. The first kappa shape index (κ1) is 17.1. The summed E-state index contributed by atoms with van der Waals surface area (Å²) in [5.41, 5.74) is 4.06. The predicted molar refractivity (Wildman–Crippen MR) is 85.8 cm³/mol. The van der Waals surface area contributed by atoms with Crippen molar-refractivity contribution in [1.29, 1.82) is 0 Å². The highest BCUT2D eigenvalue weighted by molar-refractivity contribution is 6.14. The third kappa shape index (κ3) is 5.88. The summed E-state index contributed by atoms with van der Waals surface area (Å²) in [6.07, 6.45) is 12.7. The van der Waals surface area contributed by atoms with Gasteiger partial charge < -0.3 is 8.71 Å². The summed E-state index contributed by atoms with van der Waals surface area (Å²) >= 11 is 4.95. The third-order valence-electron chi connectivity index (χ3n) is 2.87. The van der Waals surface area contributed by atoms with Gasteiger partial charge in [0.25, 0.3) is 0 Å². The second-order valence-electron chi connectivity index (χ2n) is 4.78. The van der Waals surface area contributed by atoms with Crippen molar-refractivity contribution in [2.75, 3.05) is 0 Å². The number of furan rings is 1. The van der Waals surface area contributed by atoms with Crippen molar-refractivity contribution in [2.45, 2.75) is 27.7 Å². The van der Waals surface area contributed by atoms with Crippen LogP contribution in [0.2, 0.25) is 0 Å². The van der Waals surface area contributed by atoms with Crippen molar-refractivity contribution in [2.24, 2.45) is 0 Å². The average Bonchev–Trinajstić information content (AvgIpc) is 2.75. The fourth-order valence-corrected chi connectivity index (χ4v) is 1.75. The molecule has 0 atom stereocenters. The quantitative estimate of drug-likeness (QED) is 0.564. The number of carbonyl (C=O) groups excluding carboxylic acids is 1. The second kappa shape index (κ2) is 8.32. The fourth-order valence-electron chi connectivity index (χ4n) is 1.71. The van der Waals surface area contributed by atoms with E-state index in [0.717, 1.165) is 28.0 Å². The lowest BCUT2D eigenvalue weighted by Crippen LogP contribution is -1.90. The molecule has 0 spiro atoms. The van der Waals surface area contributed by atoms with Crippen LogP contribution in [0.3, 0.4) is 0 Å². The van der Waals surface area contributed by atoms with Crippen LogP contribution in [0, 0.1) is 13.8 Å². The molecule has 4 heteroatoms. The molecule has 0 unspecified atom stereocenters. The van der Waals surface area contributed by atoms with Gasteiger partial charge in [0.15, 0.2) is 0 Å². The smallest absolute Gasteiger partial charge is 0.349 e. The molecule has 0 fully saturated rings. The normalized spacial score (nSPS) is 13.4. The van der Waals surface area contributed by atoms with Gasteiger partial charge >= 0.3 is 5.97 Å². The topological polar surface area (TPSA) is 39.4 Å². The summed E-state index contributed by atoms with van der Waals surface area (Å²) in [5, 5.41) is 0. The van der Waals surface area contributed by atoms with Crippen molar-refractivity contribution in [3.8, 4) is 0 Å². The van der Waals surface area contributed by atoms with Crippen LogP contribution in [0.5, 0.6) is 0 Å². The molecule has 0 saturated carbocycles. The van der Waals surface area contributed by atoms with Gasteiger partial charge in [0.05, 0.1) is 6.26 Å². The average molecular weight is 307 g/mol. The van der Waals surface area contributed by atoms with Crippen LogP contribution >= 0.6 is 11.9 Å². The Balaban J connectivity index is 2.70. The largest absolute Gasteiger partial charge is 0.469 e. The highest BCUT2D eigenvalue weighted by Gasteiger charge is 2.01. The number of hydrogen-bond donors (Lipinski definition) is 0. The van der Waals surface area contributed by atoms with Gasteiger partial charge in [-0.1, -0.05) is 36.0 Å². The van der Waals surface area contributed by atoms with Crippen LogP contribution in [0.25, 0.3) is 6.08 Å². The van der Waals surface area contributed by atoms with E-state index in [0.29, 0.717) is 0 Å². The third-order valence-corrected chi connectivity index (χ3v) is 3.02. The summed E-state index contributed by atoms with van der Waals surface area (Å²) in [6, 6.07) is 0. The lowest BCUT2D eigenvalue weighted by Gasteiger charge is -1.93. The first-order valence-electron chi connectivity index (χ1n) is 6.52. The van der Waals surface area contributed by atoms with Gasteiger partial charge in [-0.25, -0.2) is 4.79 Å². The van der Waals surface area contributed by atoms with E-state index < -0.39 is 5.97 Å². The Morgan fingerprint density at radius 2 is 1.95 bits per heavy atom. The summed E-state index contributed by atoms with van der Waals surface area (Å²) in [5.74, 6) is 0.329. The molecule has 0 aliphatic carbocycles. The Bertz CT molecular complexity index is 596. The van der Waals surface area contributed by atoms with Gasteiger partial charge in [0.1, 0.15) is 17.6 Å². The predicted octanol–water partition coefficient (Wildman–Crippen LogP) is 5.06. The molecule has 3 nitrogen and oxygen atoms in total. The highest BCUT2D eigenvalue weighted by Crippen LogP contribution is 2.17. The standard InChI is InChI=1S/C17H19ClO3/c1-12(6-5-7-13(2)10-17(19)21-18)8-9-16-14(3)11-20-15(16)4/h5-11H,1-4H3/b7-5+,9-8+,12-6+,13-10+. The van der Waals surface area contributed by atoms with Gasteiger partial charge in [0.2, 0.25) is 0 Å². The molecular weight excluding hydrogens is 288 g/mol. The number of carbonyl (C=O) groups is 1.